The number of carbonyl (C=O) groups is 4. The molecule has 160 valence electrons. The predicted octanol–water partition coefficient (Wildman–Crippen LogP) is 2.91. The molecule has 0 spiro atoms. The Balaban J connectivity index is 1.45. The lowest BCUT2D eigenvalue weighted by Gasteiger charge is -2.20. The number of hydrogen-bond donors (Lipinski definition) is 3. The minimum absolute atomic E-state index is 0.114. The Morgan fingerprint density at radius 3 is 2.55 bits per heavy atom. The Morgan fingerprint density at radius 2 is 1.84 bits per heavy atom. The van der Waals surface area contributed by atoms with Crippen molar-refractivity contribution in [1.82, 2.24) is 10.2 Å². The van der Waals surface area contributed by atoms with Gasteiger partial charge < -0.3 is 16.0 Å². The molecule has 1 heterocycles. The molecule has 8 heteroatoms. The fourth-order valence-corrected chi connectivity index (χ4v) is 3.84. The molecule has 0 bridgehead atoms. The van der Waals surface area contributed by atoms with Crippen molar-refractivity contribution in [2.75, 3.05) is 17.2 Å². The van der Waals surface area contributed by atoms with E-state index in [-0.39, 0.29) is 23.3 Å². The minimum atomic E-state index is -0.941. The molecule has 5 amide bonds. The highest BCUT2D eigenvalue weighted by atomic mass is 16.2. The second kappa shape index (κ2) is 7.86. The lowest BCUT2D eigenvalue weighted by atomic mass is 9.96. The summed E-state index contributed by atoms with van der Waals surface area (Å²) in [6.07, 6.45) is 1.76. The Kier molecular flexibility index (Phi) is 5.22. The maximum atomic E-state index is 12.8. The molecule has 4 rings (SSSR count). The number of nitrogens with zero attached hydrogens (tertiary/aromatic N) is 1. The molecule has 2 aromatic rings. The largest absolute Gasteiger partial charge is 0.325 e. The summed E-state index contributed by atoms with van der Waals surface area (Å²) in [4.78, 5) is 51.3. The van der Waals surface area contributed by atoms with Gasteiger partial charge in [0.2, 0.25) is 5.91 Å². The van der Waals surface area contributed by atoms with Gasteiger partial charge in [0.05, 0.1) is 11.3 Å². The monoisotopic (exact) mass is 420 g/mol. The summed E-state index contributed by atoms with van der Waals surface area (Å²) >= 11 is 0. The van der Waals surface area contributed by atoms with Gasteiger partial charge in [-0.2, -0.15) is 0 Å². The molecule has 31 heavy (non-hydrogen) atoms. The first-order chi connectivity index (χ1) is 14.8. The van der Waals surface area contributed by atoms with Crippen molar-refractivity contribution < 1.29 is 19.2 Å². The van der Waals surface area contributed by atoms with Crippen molar-refractivity contribution >= 4 is 35.1 Å². The van der Waals surface area contributed by atoms with Gasteiger partial charge in [0.25, 0.3) is 11.8 Å². The van der Waals surface area contributed by atoms with E-state index in [4.69, 9.17) is 0 Å². The molecule has 1 saturated carbocycles. The van der Waals surface area contributed by atoms with E-state index in [1.807, 2.05) is 25.1 Å². The average Bonchev–Trinajstić information content (AvgIpc) is 3.54. The van der Waals surface area contributed by atoms with Crippen LogP contribution in [0.1, 0.15) is 35.7 Å². The van der Waals surface area contributed by atoms with Crippen molar-refractivity contribution in [3.05, 3.63) is 59.7 Å². The van der Waals surface area contributed by atoms with Gasteiger partial charge in [-0.15, -0.1) is 0 Å². The van der Waals surface area contributed by atoms with Gasteiger partial charge in [-0.05, 0) is 62.4 Å². The third-order valence-electron chi connectivity index (χ3n) is 5.72. The fourth-order valence-electron chi connectivity index (χ4n) is 3.84. The quantitative estimate of drug-likeness (QED) is 0.625. The van der Waals surface area contributed by atoms with Crippen LogP contribution in [0.4, 0.5) is 16.2 Å². The number of para-hydroxylation sites is 1. The van der Waals surface area contributed by atoms with E-state index in [0.29, 0.717) is 11.4 Å². The zero-order valence-electron chi connectivity index (χ0n) is 17.4. The molecular weight excluding hydrogens is 396 g/mol. The van der Waals surface area contributed by atoms with Gasteiger partial charge in [0, 0.05) is 5.69 Å². The van der Waals surface area contributed by atoms with E-state index in [1.165, 1.54) is 0 Å². The highest BCUT2D eigenvalue weighted by Gasteiger charge is 2.56. The molecule has 1 aliphatic heterocycles. The maximum Gasteiger partial charge on any atom is 0.325 e. The molecule has 1 unspecified atom stereocenters. The first kappa shape index (κ1) is 20.6. The summed E-state index contributed by atoms with van der Waals surface area (Å²) in [5, 5.41) is 8.18. The van der Waals surface area contributed by atoms with Crippen LogP contribution in [-0.2, 0) is 9.59 Å². The molecular formula is C23H24N4O4. The SMILES string of the molecule is Cc1cccc(NC(=O)c2ccccc2NC(=O)CN2C(=O)NC(C)(C3CC3)C2=O)c1. The number of hydrogen-bond acceptors (Lipinski definition) is 4. The van der Waals surface area contributed by atoms with Crippen LogP contribution in [0.3, 0.4) is 0 Å². The van der Waals surface area contributed by atoms with Gasteiger partial charge in [-0.1, -0.05) is 24.3 Å². The molecule has 1 aliphatic carbocycles. The molecule has 8 nitrogen and oxygen atoms in total. The fraction of sp³-hybridized carbons (Fsp3) is 0.304. The van der Waals surface area contributed by atoms with E-state index >= 15 is 0 Å². The summed E-state index contributed by atoms with van der Waals surface area (Å²) < 4.78 is 0. The van der Waals surface area contributed by atoms with Crippen LogP contribution in [0.25, 0.3) is 0 Å². The summed E-state index contributed by atoms with van der Waals surface area (Å²) in [7, 11) is 0. The van der Waals surface area contributed by atoms with E-state index in [0.717, 1.165) is 23.3 Å². The number of rotatable bonds is 6. The summed E-state index contributed by atoms with van der Waals surface area (Å²) in [5.74, 6) is -1.21. The second-order valence-electron chi connectivity index (χ2n) is 8.22. The first-order valence-electron chi connectivity index (χ1n) is 10.2. The highest BCUT2D eigenvalue weighted by molar-refractivity contribution is 6.12. The lowest BCUT2D eigenvalue weighted by Crippen LogP contribution is -2.46. The third-order valence-corrected chi connectivity index (χ3v) is 5.72. The van der Waals surface area contributed by atoms with Gasteiger partial charge in [-0.3, -0.25) is 19.3 Å². The Labute approximate surface area is 180 Å². The van der Waals surface area contributed by atoms with Crippen molar-refractivity contribution in [3.8, 4) is 0 Å². The summed E-state index contributed by atoms with van der Waals surface area (Å²) in [6.45, 7) is 3.21. The number of aryl methyl sites for hydroxylation is 1. The number of anilines is 2. The highest BCUT2D eigenvalue weighted by Crippen LogP contribution is 2.42. The zero-order valence-corrected chi connectivity index (χ0v) is 17.4. The first-order valence-corrected chi connectivity index (χ1v) is 10.2. The number of benzene rings is 2. The summed E-state index contributed by atoms with van der Waals surface area (Å²) in [5.41, 5.74) is 1.28. The maximum absolute atomic E-state index is 12.8. The average molecular weight is 420 g/mol. The normalized spacial score (nSPS) is 20.4. The van der Waals surface area contributed by atoms with Gasteiger partial charge >= 0.3 is 6.03 Å². The van der Waals surface area contributed by atoms with E-state index < -0.39 is 24.0 Å². The standard InChI is InChI=1S/C23H24N4O4/c1-14-6-5-7-16(12-14)24-20(29)17-8-3-4-9-18(17)25-19(28)13-27-21(30)23(2,15-10-11-15)26-22(27)31/h3-9,12,15H,10-11,13H2,1-2H3,(H,24,29)(H,25,28)(H,26,31). The van der Waals surface area contributed by atoms with E-state index in [2.05, 4.69) is 16.0 Å². The van der Waals surface area contributed by atoms with Crippen LogP contribution in [0.15, 0.2) is 48.5 Å². The molecule has 2 fully saturated rings. The molecule has 2 aliphatic rings. The van der Waals surface area contributed by atoms with Crippen molar-refractivity contribution in [3.63, 3.8) is 0 Å². The van der Waals surface area contributed by atoms with E-state index in [9.17, 15) is 19.2 Å². The smallest absolute Gasteiger partial charge is 0.324 e. The van der Waals surface area contributed by atoms with Crippen molar-refractivity contribution in [2.45, 2.75) is 32.2 Å². The molecule has 3 N–H and O–H groups in total. The van der Waals surface area contributed by atoms with Crippen LogP contribution in [0.5, 0.6) is 0 Å². The van der Waals surface area contributed by atoms with Crippen LogP contribution >= 0.6 is 0 Å². The van der Waals surface area contributed by atoms with Gasteiger partial charge in [0.15, 0.2) is 0 Å². The third kappa shape index (κ3) is 4.14. The Morgan fingerprint density at radius 1 is 1.10 bits per heavy atom. The lowest BCUT2D eigenvalue weighted by molar-refractivity contribution is -0.134. The topological polar surface area (TPSA) is 108 Å². The number of amides is 5. The Bertz CT molecular complexity index is 1080. The molecule has 0 aromatic heterocycles. The van der Waals surface area contributed by atoms with Gasteiger partial charge in [0.1, 0.15) is 12.1 Å². The van der Waals surface area contributed by atoms with Crippen LogP contribution in [0.2, 0.25) is 0 Å². The molecule has 2 aromatic carbocycles. The number of urea groups is 1. The Hall–Kier alpha value is -3.68. The second-order valence-corrected chi connectivity index (χ2v) is 8.22. The van der Waals surface area contributed by atoms with Crippen LogP contribution in [0, 0.1) is 12.8 Å². The van der Waals surface area contributed by atoms with Crippen molar-refractivity contribution in [1.29, 1.82) is 0 Å². The van der Waals surface area contributed by atoms with Crippen LogP contribution < -0.4 is 16.0 Å². The van der Waals surface area contributed by atoms with Gasteiger partial charge in [-0.25, -0.2) is 4.79 Å². The number of imide groups is 1. The van der Waals surface area contributed by atoms with Crippen LogP contribution in [-0.4, -0.2) is 40.7 Å². The number of nitrogens with one attached hydrogen (secondary N) is 3. The summed E-state index contributed by atoms with van der Waals surface area (Å²) in [6, 6.07) is 13.4. The predicted molar refractivity (Wildman–Crippen MR) is 116 cm³/mol. The zero-order chi connectivity index (χ0) is 22.2. The molecule has 1 saturated heterocycles. The molecule has 0 radical (unpaired) electrons. The molecule has 1 atom stereocenters. The number of carbonyl (C=O) groups excluding carboxylic acids is 4. The van der Waals surface area contributed by atoms with E-state index in [1.54, 1.807) is 37.3 Å². The van der Waals surface area contributed by atoms with Crippen molar-refractivity contribution in [2.24, 2.45) is 5.92 Å². The minimum Gasteiger partial charge on any atom is -0.324 e.